The molecule has 5 nitrogen and oxygen atoms in total. The molecule has 0 spiro atoms. The highest BCUT2D eigenvalue weighted by Gasteiger charge is 2.35. The number of hydrogen-bond donors (Lipinski definition) is 0. The van der Waals surface area contributed by atoms with Gasteiger partial charge >= 0.3 is 0 Å². The van der Waals surface area contributed by atoms with E-state index in [-0.39, 0.29) is 16.9 Å². The maximum Gasteiger partial charge on any atom is 0.277 e. The summed E-state index contributed by atoms with van der Waals surface area (Å²) in [5, 5.41) is 0.592. The van der Waals surface area contributed by atoms with Crippen LogP contribution in [0.4, 0.5) is 4.39 Å². The molecule has 1 aliphatic heterocycles. The van der Waals surface area contributed by atoms with Gasteiger partial charge in [0, 0.05) is 5.57 Å². The van der Waals surface area contributed by atoms with Crippen LogP contribution in [0.2, 0.25) is 0 Å². The van der Waals surface area contributed by atoms with Gasteiger partial charge in [0.15, 0.2) is 5.78 Å². The lowest BCUT2D eigenvalue weighted by Gasteiger charge is -2.18. The van der Waals surface area contributed by atoms with Gasteiger partial charge in [-0.25, -0.2) is 13.8 Å². The van der Waals surface area contributed by atoms with Crippen molar-refractivity contribution in [3.05, 3.63) is 86.2 Å². The van der Waals surface area contributed by atoms with Crippen LogP contribution >= 0.6 is 0 Å². The third kappa shape index (κ3) is 2.12. The maximum atomic E-state index is 13.4. The predicted molar refractivity (Wildman–Crippen MR) is 96.6 cm³/mol. The van der Waals surface area contributed by atoms with Crippen molar-refractivity contribution < 1.29 is 9.18 Å². The highest BCUT2D eigenvalue weighted by molar-refractivity contribution is 6.01. The Morgan fingerprint density at radius 2 is 1.54 bits per heavy atom. The SMILES string of the molecule is CC(=O)C1=C(C)n2c(=O)c3ccccc3c(=O)n2[C@H]1c1ccc(F)cc1. The fraction of sp³-hybridized carbons (Fsp3) is 0.150. The van der Waals surface area contributed by atoms with Crippen LogP contribution in [0, 0.1) is 5.82 Å². The minimum atomic E-state index is -0.766. The average molecular weight is 350 g/mol. The number of benzene rings is 2. The van der Waals surface area contributed by atoms with E-state index in [9.17, 15) is 18.8 Å². The van der Waals surface area contributed by atoms with E-state index in [2.05, 4.69) is 0 Å². The topological polar surface area (TPSA) is 61.1 Å². The lowest BCUT2D eigenvalue weighted by Crippen LogP contribution is -2.37. The van der Waals surface area contributed by atoms with Crippen LogP contribution in [0.5, 0.6) is 0 Å². The molecule has 26 heavy (non-hydrogen) atoms. The summed E-state index contributed by atoms with van der Waals surface area (Å²) < 4.78 is 15.9. The summed E-state index contributed by atoms with van der Waals surface area (Å²) in [5.74, 6) is -0.657. The Labute approximate surface area is 147 Å². The lowest BCUT2D eigenvalue weighted by atomic mass is 9.96. The molecule has 0 bridgehead atoms. The van der Waals surface area contributed by atoms with E-state index in [4.69, 9.17) is 0 Å². The Hall–Kier alpha value is -3.28. The molecule has 4 rings (SSSR count). The molecular formula is C20H15FN2O3. The second-order valence-electron chi connectivity index (χ2n) is 6.32. The Morgan fingerprint density at radius 3 is 2.12 bits per heavy atom. The molecule has 0 saturated carbocycles. The first-order chi connectivity index (χ1) is 12.4. The van der Waals surface area contributed by atoms with Crippen LogP contribution in [-0.4, -0.2) is 15.1 Å². The third-order valence-electron chi connectivity index (χ3n) is 4.79. The molecule has 1 aromatic heterocycles. The van der Waals surface area contributed by atoms with Gasteiger partial charge in [0.2, 0.25) is 0 Å². The summed E-state index contributed by atoms with van der Waals surface area (Å²) in [6, 6.07) is 11.4. The fourth-order valence-electron chi connectivity index (χ4n) is 3.66. The molecule has 0 fully saturated rings. The molecule has 0 unspecified atom stereocenters. The minimum Gasteiger partial charge on any atom is -0.295 e. The smallest absolute Gasteiger partial charge is 0.277 e. The highest BCUT2D eigenvalue weighted by atomic mass is 19.1. The molecule has 130 valence electrons. The number of carbonyl (C=O) groups is 1. The number of aromatic nitrogens is 2. The summed E-state index contributed by atoms with van der Waals surface area (Å²) in [6.07, 6.45) is 0. The van der Waals surface area contributed by atoms with E-state index in [1.165, 1.54) is 40.6 Å². The van der Waals surface area contributed by atoms with Crippen molar-refractivity contribution >= 4 is 22.3 Å². The van der Waals surface area contributed by atoms with Gasteiger partial charge < -0.3 is 0 Å². The van der Waals surface area contributed by atoms with Gasteiger partial charge in [-0.1, -0.05) is 24.3 Å². The van der Waals surface area contributed by atoms with Crippen LogP contribution in [0.15, 0.2) is 63.7 Å². The van der Waals surface area contributed by atoms with Crippen molar-refractivity contribution in [2.75, 3.05) is 0 Å². The average Bonchev–Trinajstić information content (AvgIpc) is 2.94. The molecule has 0 radical (unpaired) electrons. The Bertz CT molecular complexity index is 1220. The maximum absolute atomic E-state index is 13.4. The van der Waals surface area contributed by atoms with Gasteiger partial charge in [0.1, 0.15) is 11.9 Å². The van der Waals surface area contributed by atoms with Gasteiger partial charge in [-0.15, -0.1) is 0 Å². The number of carbonyl (C=O) groups excluding carboxylic acids is 1. The van der Waals surface area contributed by atoms with Gasteiger partial charge in [-0.05, 0) is 43.7 Å². The van der Waals surface area contributed by atoms with E-state index >= 15 is 0 Å². The Morgan fingerprint density at radius 1 is 0.962 bits per heavy atom. The monoisotopic (exact) mass is 350 g/mol. The van der Waals surface area contributed by atoms with Crippen LogP contribution in [0.1, 0.15) is 25.5 Å². The Kier molecular flexibility index (Phi) is 3.50. The van der Waals surface area contributed by atoms with E-state index < -0.39 is 11.9 Å². The number of fused-ring (bicyclic) bond motifs is 2. The van der Waals surface area contributed by atoms with E-state index in [1.807, 2.05) is 0 Å². The first-order valence-corrected chi connectivity index (χ1v) is 8.16. The second-order valence-corrected chi connectivity index (χ2v) is 6.32. The summed E-state index contributed by atoms with van der Waals surface area (Å²) in [4.78, 5) is 38.4. The quantitative estimate of drug-likeness (QED) is 0.714. The molecule has 1 atom stereocenters. The standard InChI is InChI=1S/C20H15FN2O3/c1-11-17(12(2)24)18(13-7-9-14(21)10-8-13)23-20(26)16-6-4-3-5-15(16)19(25)22(11)23/h3-10,18H,1-2H3/t18-/m0/s1. The molecule has 2 heterocycles. The predicted octanol–water partition coefficient (Wildman–Crippen LogP) is 2.73. The van der Waals surface area contributed by atoms with Gasteiger partial charge in [-0.2, -0.15) is 0 Å². The second kappa shape index (κ2) is 5.62. The van der Waals surface area contributed by atoms with Crippen molar-refractivity contribution in [3.8, 4) is 0 Å². The van der Waals surface area contributed by atoms with Crippen molar-refractivity contribution in [1.82, 2.24) is 9.36 Å². The fourth-order valence-corrected chi connectivity index (χ4v) is 3.66. The number of hydrogen-bond acceptors (Lipinski definition) is 3. The molecule has 0 aliphatic carbocycles. The van der Waals surface area contributed by atoms with E-state index in [1.54, 1.807) is 31.2 Å². The van der Waals surface area contributed by atoms with Crippen molar-refractivity contribution in [2.45, 2.75) is 19.9 Å². The highest BCUT2D eigenvalue weighted by Crippen LogP contribution is 2.35. The lowest BCUT2D eigenvalue weighted by molar-refractivity contribution is -0.113. The molecule has 0 N–H and O–H groups in total. The van der Waals surface area contributed by atoms with Crippen molar-refractivity contribution in [1.29, 1.82) is 0 Å². The summed E-state index contributed by atoms with van der Waals surface area (Å²) in [6.45, 7) is 3.05. The van der Waals surface area contributed by atoms with Crippen LogP contribution in [-0.2, 0) is 4.79 Å². The van der Waals surface area contributed by atoms with Crippen molar-refractivity contribution in [3.63, 3.8) is 0 Å². The zero-order valence-corrected chi connectivity index (χ0v) is 14.2. The first kappa shape index (κ1) is 16.2. The minimum absolute atomic E-state index is 0.240. The number of nitrogens with zero attached hydrogens (tertiary/aromatic N) is 2. The molecule has 0 amide bonds. The molecular weight excluding hydrogens is 335 g/mol. The van der Waals surface area contributed by atoms with Crippen molar-refractivity contribution in [2.24, 2.45) is 0 Å². The third-order valence-corrected chi connectivity index (χ3v) is 4.79. The zero-order chi connectivity index (χ0) is 18.6. The number of ketones is 1. The summed E-state index contributed by atoms with van der Waals surface area (Å²) in [7, 11) is 0. The molecule has 1 aliphatic rings. The number of halogens is 1. The Balaban J connectivity index is 2.16. The number of rotatable bonds is 2. The molecule has 0 saturated heterocycles. The number of allylic oxidation sites excluding steroid dienone is 2. The van der Waals surface area contributed by atoms with Crippen LogP contribution < -0.4 is 11.1 Å². The van der Waals surface area contributed by atoms with E-state index in [0.29, 0.717) is 27.6 Å². The van der Waals surface area contributed by atoms with Gasteiger partial charge in [0.25, 0.3) is 11.1 Å². The van der Waals surface area contributed by atoms with E-state index in [0.717, 1.165) is 0 Å². The largest absolute Gasteiger partial charge is 0.295 e. The molecule has 6 heteroatoms. The van der Waals surface area contributed by atoms with Crippen LogP contribution in [0.25, 0.3) is 16.5 Å². The van der Waals surface area contributed by atoms with Gasteiger partial charge in [0.05, 0.1) is 16.5 Å². The first-order valence-electron chi connectivity index (χ1n) is 8.16. The zero-order valence-electron chi connectivity index (χ0n) is 14.2. The normalized spacial score (nSPS) is 16.2. The molecule has 3 aromatic rings. The summed E-state index contributed by atoms with van der Waals surface area (Å²) in [5.41, 5.74) is 0.607. The number of Topliss-reactive ketones (excluding diaryl/α,β-unsaturated/α-hetero) is 1. The molecule has 2 aromatic carbocycles. The summed E-state index contributed by atoms with van der Waals surface area (Å²) >= 11 is 0. The van der Waals surface area contributed by atoms with Gasteiger partial charge in [-0.3, -0.25) is 14.4 Å². The van der Waals surface area contributed by atoms with Crippen LogP contribution in [0.3, 0.4) is 0 Å².